The van der Waals surface area contributed by atoms with Gasteiger partial charge in [0.25, 0.3) is 5.91 Å². The molecular formula is C10H13NO3S. The predicted octanol–water partition coefficient (Wildman–Crippen LogP) is 1.08. The fourth-order valence-corrected chi connectivity index (χ4v) is 3.34. The van der Waals surface area contributed by atoms with Gasteiger partial charge in [-0.2, -0.15) is 0 Å². The van der Waals surface area contributed by atoms with E-state index in [2.05, 4.69) is 0 Å². The monoisotopic (exact) mass is 227 g/mol. The van der Waals surface area contributed by atoms with Gasteiger partial charge in [-0.25, -0.2) is 0 Å². The summed E-state index contributed by atoms with van der Waals surface area (Å²) in [6.45, 7) is 5.16. The Hall–Kier alpha value is -0.970. The van der Waals surface area contributed by atoms with Crippen LogP contribution in [0.1, 0.15) is 20.8 Å². The summed E-state index contributed by atoms with van der Waals surface area (Å²) in [7, 11) is 0. The smallest absolute Gasteiger partial charge is 0.262 e. The van der Waals surface area contributed by atoms with Gasteiger partial charge in [-0.3, -0.25) is 9.59 Å². The molecule has 4 nitrogen and oxygen atoms in total. The minimum absolute atomic E-state index is 0.0339. The molecule has 1 fully saturated rings. The lowest BCUT2D eigenvalue weighted by atomic mass is 10.1. The molecule has 0 radical (unpaired) electrons. The molecule has 2 rings (SSSR count). The number of amides is 1. The number of fused-ring (bicyclic) bond motifs is 1. The first-order valence-electron chi connectivity index (χ1n) is 4.78. The predicted molar refractivity (Wildman–Crippen MR) is 57.5 cm³/mol. The first kappa shape index (κ1) is 10.5. The standard InChI is InChI=1S/C10H13NO3S/c1-5(12)7-8(13)6-4-15-10(2,3)11(6)9(7)14/h6,13H,4H2,1-3H3. The summed E-state index contributed by atoms with van der Waals surface area (Å²) in [4.78, 5) is 24.4. The van der Waals surface area contributed by atoms with E-state index in [0.717, 1.165) is 0 Å². The molecule has 1 saturated heterocycles. The number of thioether (sulfide) groups is 1. The van der Waals surface area contributed by atoms with Gasteiger partial charge in [-0.1, -0.05) is 0 Å². The minimum Gasteiger partial charge on any atom is -0.509 e. The zero-order valence-corrected chi connectivity index (χ0v) is 9.72. The van der Waals surface area contributed by atoms with E-state index in [1.165, 1.54) is 6.92 Å². The molecule has 0 spiro atoms. The van der Waals surface area contributed by atoms with E-state index in [0.29, 0.717) is 5.75 Å². The van der Waals surface area contributed by atoms with Crippen LogP contribution in [0.15, 0.2) is 11.3 Å². The van der Waals surface area contributed by atoms with Crippen molar-refractivity contribution in [2.75, 3.05) is 5.75 Å². The lowest BCUT2D eigenvalue weighted by molar-refractivity contribution is -0.130. The molecule has 1 atom stereocenters. The molecule has 2 aliphatic heterocycles. The highest BCUT2D eigenvalue weighted by Gasteiger charge is 2.52. The normalized spacial score (nSPS) is 28.6. The third kappa shape index (κ3) is 1.29. The van der Waals surface area contributed by atoms with Crippen LogP contribution in [-0.4, -0.2) is 38.4 Å². The van der Waals surface area contributed by atoms with Gasteiger partial charge in [-0.05, 0) is 20.8 Å². The molecule has 15 heavy (non-hydrogen) atoms. The molecule has 0 aromatic rings. The van der Waals surface area contributed by atoms with Gasteiger partial charge in [0, 0.05) is 5.75 Å². The fourth-order valence-electron chi connectivity index (χ4n) is 2.12. The van der Waals surface area contributed by atoms with Crippen LogP contribution in [0.3, 0.4) is 0 Å². The lowest BCUT2D eigenvalue weighted by Gasteiger charge is -2.30. The van der Waals surface area contributed by atoms with Crippen LogP contribution in [0.4, 0.5) is 0 Å². The zero-order valence-electron chi connectivity index (χ0n) is 8.90. The summed E-state index contributed by atoms with van der Waals surface area (Å²) < 4.78 is 0. The summed E-state index contributed by atoms with van der Waals surface area (Å²) in [6, 6.07) is -0.309. The van der Waals surface area contributed by atoms with Crippen molar-refractivity contribution in [3.63, 3.8) is 0 Å². The van der Waals surface area contributed by atoms with Crippen LogP contribution in [0.5, 0.6) is 0 Å². The first-order chi connectivity index (χ1) is 6.86. The highest BCUT2D eigenvalue weighted by atomic mass is 32.2. The number of hydrogen-bond donors (Lipinski definition) is 1. The molecule has 0 aliphatic carbocycles. The van der Waals surface area contributed by atoms with Crippen LogP contribution in [-0.2, 0) is 9.59 Å². The minimum atomic E-state index is -0.354. The fraction of sp³-hybridized carbons (Fsp3) is 0.600. The maximum atomic E-state index is 11.9. The average Bonchev–Trinajstić information content (AvgIpc) is 2.52. The van der Waals surface area contributed by atoms with Crippen molar-refractivity contribution in [2.45, 2.75) is 31.7 Å². The Morgan fingerprint density at radius 2 is 2.20 bits per heavy atom. The van der Waals surface area contributed by atoms with Crippen LogP contribution in [0.2, 0.25) is 0 Å². The molecule has 2 heterocycles. The second kappa shape index (κ2) is 3.01. The molecule has 1 amide bonds. The Morgan fingerprint density at radius 3 is 2.67 bits per heavy atom. The molecule has 0 aromatic carbocycles. The number of nitrogens with zero attached hydrogens (tertiary/aromatic N) is 1. The van der Waals surface area contributed by atoms with Crippen LogP contribution in [0, 0.1) is 0 Å². The molecule has 0 saturated carbocycles. The molecule has 2 aliphatic rings. The van der Waals surface area contributed by atoms with Crippen molar-refractivity contribution in [2.24, 2.45) is 0 Å². The van der Waals surface area contributed by atoms with Crippen molar-refractivity contribution in [3.05, 3.63) is 11.3 Å². The molecule has 82 valence electrons. The Bertz CT molecular complexity index is 386. The number of rotatable bonds is 1. The summed E-state index contributed by atoms with van der Waals surface area (Å²) in [5.41, 5.74) is -0.0339. The van der Waals surface area contributed by atoms with E-state index in [-0.39, 0.29) is 33.9 Å². The number of aliphatic hydroxyl groups excluding tert-OH is 1. The SMILES string of the molecule is CC(=O)C1=C(O)C2CSC(C)(C)N2C1=O. The third-order valence-electron chi connectivity index (χ3n) is 2.84. The maximum absolute atomic E-state index is 11.9. The van der Waals surface area contributed by atoms with E-state index in [4.69, 9.17) is 0 Å². The van der Waals surface area contributed by atoms with Gasteiger partial charge in [-0.15, -0.1) is 11.8 Å². The largest absolute Gasteiger partial charge is 0.509 e. The summed E-state index contributed by atoms with van der Waals surface area (Å²) in [5.74, 6) is -0.0836. The highest BCUT2D eigenvalue weighted by Crippen LogP contribution is 2.45. The Labute approximate surface area is 92.3 Å². The summed E-state index contributed by atoms with van der Waals surface area (Å²) in [5, 5.41) is 9.82. The molecule has 0 aromatic heterocycles. The highest BCUT2D eigenvalue weighted by molar-refractivity contribution is 8.00. The van der Waals surface area contributed by atoms with Crippen molar-refractivity contribution >= 4 is 23.5 Å². The van der Waals surface area contributed by atoms with Gasteiger partial charge >= 0.3 is 0 Å². The molecule has 0 bridgehead atoms. The molecular weight excluding hydrogens is 214 g/mol. The summed E-state index contributed by atoms with van der Waals surface area (Å²) >= 11 is 1.61. The second-order valence-corrected chi connectivity index (χ2v) is 5.89. The van der Waals surface area contributed by atoms with E-state index >= 15 is 0 Å². The Kier molecular flexibility index (Phi) is 2.12. The number of Topliss-reactive ketones (excluding diaryl/α,β-unsaturated/α-hetero) is 1. The van der Waals surface area contributed by atoms with Crippen LogP contribution < -0.4 is 0 Å². The van der Waals surface area contributed by atoms with Gasteiger partial charge < -0.3 is 10.0 Å². The maximum Gasteiger partial charge on any atom is 0.262 e. The van der Waals surface area contributed by atoms with E-state index < -0.39 is 0 Å². The van der Waals surface area contributed by atoms with E-state index in [1.54, 1.807) is 16.7 Å². The number of aliphatic hydroxyl groups is 1. The first-order valence-corrected chi connectivity index (χ1v) is 5.76. The topological polar surface area (TPSA) is 57.6 Å². The Balaban J connectivity index is 2.45. The van der Waals surface area contributed by atoms with Crippen molar-refractivity contribution in [3.8, 4) is 0 Å². The van der Waals surface area contributed by atoms with Crippen LogP contribution in [0.25, 0.3) is 0 Å². The van der Waals surface area contributed by atoms with Crippen molar-refractivity contribution < 1.29 is 14.7 Å². The van der Waals surface area contributed by atoms with E-state index in [9.17, 15) is 14.7 Å². The van der Waals surface area contributed by atoms with Gasteiger partial charge in [0.15, 0.2) is 5.78 Å². The van der Waals surface area contributed by atoms with Gasteiger partial charge in [0.2, 0.25) is 0 Å². The third-order valence-corrected chi connectivity index (χ3v) is 4.23. The Morgan fingerprint density at radius 1 is 1.60 bits per heavy atom. The second-order valence-electron chi connectivity index (χ2n) is 4.27. The number of hydrogen-bond acceptors (Lipinski definition) is 4. The quantitative estimate of drug-likeness (QED) is 0.681. The van der Waals surface area contributed by atoms with Crippen LogP contribution >= 0.6 is 11.8 Å². The van der Waals surface area contributed by atoms with Crippen molar-refractivity contribution in [1.29, 1.82) is 0 Å². The molecule has 1 unspecified atom stereocenters. The average molecular weight is 227 g/mol. The van der Waals surface area contributed by atoms with Gasteiger partial charge in [0.05, 0.1) is 4.87 Å². The molecule has 5 heteroatoms. The lowest BCUT2D eigenvalue weighted by Crippen LogP contribution is -2.43. The number of carbonyl (C=O) groups excluding carboxylic acids is 2. The van der Waals surface area contributed by atoms with E-state index in [1.807, 2.05) is 13.8 Å². The number of carbonyl (C=O) groups is 2. The number of ketones is 1. The van der Waals surface area contributed by atoms with Crippen molar-refractivity contribution in [1.82, 2.24) is 4.90 Å². The molecule has 1 N–H and O–H groups in total. The van der Waals surface area contributed by atoms with Gasteiger partial charge in [0.1, 0.15) is 17.4 Å². The zero-order chi connectivity index (χ0) is 11.4. The summed E-state index contributed by atoms with van der Waals surface area (Å²) in [6.07, 6.45) is 0.